The molecule has 10 heteroatoms. The molecule has 1 aliphatic rings. The highest BCUT2D eigenvalue weighted by Gasteiger charge is 2.27. The Labute approximate surface area is 180 Å². The van der Waals surface area contributed by atoms with Gasteiger partial charge in [0.25, 0.3) is 0 Å². The highest BCUT2D eigenvalue weighted by Crippen LogP contribution is 2.25. The molecule has 162 valence electrons. The summed E-state index contributed by atoms with van der Waals surface area (Å²) in [6.07, 6.45) is 1.32. The van der Waals surface area contributed by atoms with Gasteiger partial charge in [-0.25, -0.2) is 17.8 Å². The van der Waals surface area contributed by atoms with Gasteiger partial charge in [-0.2, -0.15) is 4.31 Å². The minimum absolute atomic E-state index is 0.121. The summed E-state index contributed by atoms with van der Waals surface area (Å²) in [6.45, 7) is 3.46. The molecule has 1 aromatic carbocycles. The molecule has 0 aliphatic carbocycles. The highest BCUT2D eigenvalue weighted by atomic mass is 32.2. The summed E-state index contributed by atoms with van der Waals surface area (Å²) < 4.78 is 45.2. The molecule has 7 nitrogen and oxygen atoms in total. The van der Waals surface area contributed by atoms with Crippen molar-refractivity contribution in [2.45, 2.75) is 28.6 Å². The van der Waals surface area contributed by atoms with Crippen molar-refractivity contribution >= 4 is 27.7 Å². The number of hydrogen-bond acceptors (Lipinski definition) is 6. The third-order valence-corrected chi connectivity index (χ3v) is 7.57. The molecule has 0 radical (unpaired) electrons. The molecule has 1 saturated heterocycles. The van der Waals surface area contributed by atoms with Crippen LogP contribution in [0.1, 0.15) is 12.5 Å². The predicted molar refractivity (Wildman–Crippen MR) is 112 cm³/mol. The summed E-state index contributed by atoms with van der Waals surface area (Å²) in [7, 11) is -1.94. The van der Waals surface area contributed by atoms with Crippen LogP contribution in [-0.2, 0) is 26.1 Å². The number of rotatable bonds is 7. The number of thioether (sulfide) groups is 1. The molecule has 3 rings (SSSR count). The molecule has 1 amide bonds. The maximum absolute atomic E-state index is 13.3. The summed E-state index contributed by atoms with van der Waals surface area (Å²) in [5.74, 6) is -0.469. The van der Waals surface area contributed by atoms with Gasteiger partial charge in [0.05, 0.1) is 23.5 Å². The topological polar surface area (TPSA) is 79.8 Å². The lowest BCUT2D eigenvalue weighted by Crippen LogP contribution is -2.40. The van der Waals surface area contributed by atoms with E-state index in [1.165, 1.54) is 45.4 Å². The number of morpholine rings is 1. The lowest BCUT2D eigenvalue weighted by atomic mass is 10.2. The van der Waals surface area contributed by atoms with Crippen LogP contribution in [0.25, 0.3) is 0 Å². The van der Waals surface area contributed by atoms with Crippen LogP contribution in [0.3, 0.4) is 0 Å². The van der Waals surface area contributed by atoms with Crippen molar-refractivity contribution in [1.29, 1.82) is 0 Å². The van der Waals surface area contributed by atoms with E-state index < -0.39 is 15.3 Å². The fourth-order valence-electron chi connectivity index (χ4n) is 3.05. The number of carbonyl (C=O) groups is 1. The largest absolute Gasteiger partial charge is 0.379 e. The first kappa shape index (κ1) is 22.7. The van der Waals surface area contributed by atoms with Crippen LogP contribution in [0.4, 0.5) is 4.39 Å². The zero-order chi connectivity index (χ0) is 21.7. The van der Waals surface area contributed by atoms with Crippen LogP contribution in [0, 0.1) is 5.82 Å². The van der Waals surface area contributed by atoms with Gasteiger partial charge in [-0.3, -0.25) is 4.79 Å². The van der Waals surface area contributed by atoms with Crippen LogP contribution < -0.4 is 0 Å². The summed E-state index contributed by atoms with van der Waals surface area (Å²) in [4.78, 5) is 18.5. The molecule has 0 saturated carbocycles. The summed E-state index contributed by atoms with van der Waals surface area (Å²) in [5.41, 5.74) is 0.707. The van der Waals surface area contributed by atoms with E-state index in [4.69, 9.17) is 4.74 Å². The van der Waals surface area contributed by atoms with Gasteiger partial charge in [-0.15, -0.1) is 0 Å². The molecule has 2 aromatic rings. The number of carbonyl (C=O) groups excluding carboxylic acids is 1. The first-order valence-electron chi connectivity index (χ1n) is 9.47. The van der Waals surface area contributed by atoms with Crippen molar-refractivity contribution in [3.63, 3.8) is 0 Å². The maximum atomic E-state index is 13.3. The molecule has 1 aliphatic heterocycles. The first-order chi connectivity index (χ1) is 14.3. The van der Waals surface area contributed by atoms with Crippen LogP contribution in [0.2, 0.25) is 0 Å². The van der Waals surface area contributed by atoms with Crippen molar-refractivity contribution in [2.24, 2.45) is 0 Å². The van der Waals surface area contributed by atoms with E-state index in [2.05, 4.69) is 4.98 Å². The van der Waals surface area contributed by atoms with E-state index in [1.807, 2.05) is 0 Å². The third-order valence-electron chi connectivity index (χ3n) is 4.65. The van der Waals surface area contributed by atoms with Crippen molar-refractivity contribution < 1.29 is 22.3 Å². The normalized spacial score (nSPS) is 16.2. The van der Waals surface area contributed by atoms with Gasteiger partial charge in [0.1, 0.15) is 10.7 Å². The third kappa shape index (κ3) is 5.57. The number of halogens is 1. The summed E-state index contributed by atoms with van der Waals surface area (Å²) >= 11 is 1.24. The van der Waals surface area contributed by atoms with Gasteiger partial charge in [0, 0.05) is 32.9 Å². The standard InChI is InChI=1S/C20H24FN3O4S2/c1-15(20(25)23(2)14-16-4-3-5-17(21)12-16)29-19-7-6-18(13-22-19)30(26,27)24-8-10-28-11-9-24/h3-7,12-13,15H,8-11,14H2,1-2H3. The number of sulfonamides is 1. The average Bonchev–Trinajstić information content (AvgIpc) is 2.74. The highest BCUT2D eigenvalue weighted by molar-refractivity contribution is 8.00. The Bertz CT molecular complexity index is 980. The second-order valence-corrected chi connectivity index (χ2v) is 10.2. The smallest absolute Gasteiger partial charge is 0.244 e. The number of hydrogen-bond donors (Lipinski definition) is 0. The lowest BCUT2D eigenvalue weighted by molar-refractivity contribution is -0.129. The molecule has 1 fully saturated rings. The van der Waals surface area contributed by atoms with Crippen LogP contribution in [0.5, 0.6) is 0 Å². The van der Waals surface area contributed by atoms with Crippen molar-refractivity contribution in [3.05, 3.63) is 54.0 Å². The zero-order valence-electron chi connectivity index (χ0n) is 16.8. The number of amides is 1. The van der Waals surface area contributed by atoms with Gasteiger partial charge in [-0.1, -0.05) is 23.9 Å². The molecule has 1 aromatic heterocycles. The van der Waals surface area contributed by atoms with E-state index in [9.17, 15) is 17.6 Å². The Balaban J connectivity index is 1.60. The minimum Gasteiger partial charge on any atom is -0.379 e. The second-order valence-electron chi connectivity index (χ2n) is 6.93. The maximum Gasteiger partial charge on any atom is 0.244 e. The Morgan fingerprint density at radius 3 is 2.67 bits per heavy atom. The van der Waals surface area contributed by atoms with Gasteiger partial charge in [-0.05, 0) is 36.8 Å². The van der Waals surface area contributed by atoms with Crippen molar-refractivity contribution in [3.8, 4) is 0 Å². The van der Waals surface area contributed by atoms with Gasteiger partial charge in [0.2, 0.25) is 15.9 Å². The fraction of sp³-hybridized carbons (Fsp3) is 0.400. The molecular formula is C20H24FN3O4S2. The van der Waals surface area contributed by atoms with E-state index in [0.29, 0.717) is 43.4 Å². The molecule has 1 atom stereocenters. The average molecular weight is 454 g/mol. The van der Waals surface area contributed by atoms with E-state index in [-0.39, 0.29) is 16.6 Å². The number of aromatic nitrogens is 1. The molecule has 2 heterocycles. The molecular weight excluding hydrogens is 429 g/mol. The first-order valence-corrected chi connectivity index (χ1v) is 11.8. The van der Waals surface area contributed by atoms with E-state index >= 15 is 0 Å². The SMILES string of the molecule is CC(Sc1ccc(S(=O)(=O)N2CCOCC2)cn1)C(=O)N(C)Cc1cccc(F)c1. The minimum atomic E-state index is -3.60. The Kier molecular flexibility index (Phi) is 7.45. The van der Waals surface area contributed by atoms with E-state index in [0.717, 1.165) is 0 Å². The molecule has 1 unspecified atom stereocenters. The number of benzene rings is 1. The fourth-order valence-corrected chi connectivity index (χ4v) is 5.31. The van der Waals surface area contributed by atoms with Crippen LogP contribution >= 0.6 is 11.8 Å². The Morgan fingerprint density at radius 2 is 2.03 bits per heavy atom. The molecule has 30 heavy (non-hydrogen) atoms. The summed E-state index contributed by atoms with van der Waals surface area (Å²) in [5, 5.41) is 0.119. The molecule has 0 bridgehead atoms. The van der Waals surface area contributed by atoms with Crippen LogP contribution in [0.15, 0.2) is 52.5 Å². The van der Waals surface area contributed by atoms with Gasteiger partial charge < -0.3 is 9.64 Å². The number of nitrogens with zero attached hydrogens (tertiary/aromatic N) is 3. The second kappa shape index (κ2) is 9.86. The van der Waals surface area contributed by atoms with E-state index in [1.54, 1.807) is 32.2 Å². The summed E-state index contributed by atoms with van der Waals surface area (Å²) in [6, 6.07) is 9.24. The zero-order valence-corrected chi connectivity index (χ0v) is 18.5. The number of pyridine rings is 1. The molecule has 0 N–H and O–H groups in total. The Hall–Kier alpha value is -2.01. The van der Waals surface area contributed by atoms with Gasteiger partial charge >= 0.3 is 0 Å². The monoisotopic (exact) mass is 453 g/mol. The lowest BCUT2D eigenvalue weighted by Gasteiger charge is -2.26. The quantitative estimate of drug-likeness (QED) is 0.599. The van der Waals surface area contributed by atoms with Gasteiger partial charge in [0.15, 0.2) is 0 Å². The predicted octanol–water partition coefficient (Wildman–Crippen LogP) is 2.38. The molecule has 0 spiro atoms. The van der Waals surface area contributed by atoms with Crippen molar-refractivity contribution in [1.82, 2.24) is 14.2 Å². The Morgan fingerprint density at radius 1 is 1.30 bits per heavy atom. The number of ether oxygens (including phenoxy) is 1. The van der Waals surface area contributed by atoms with Crippen molar-refractivity contribution in [2.75, 3.05) is 33.4 Å². The van der Waals surface area contributed by atoms with Crippen LogP contribution in [-0.4, -0.2) is 67.1 Å².